The van der Waals surface area contributed by atoms with Gasteiger partial charge in [-0.25, -0.2) is 0 Å². The highest BCUT2D eigenvalue weighted by molar-refractivity contribution is 6.82. The van der Waals surface area contributed by atoms with Crippen LogP contribution in [-0.4, -0.2) is 6.85 Å². The van der Waals surface area contributed by atoms with Gasteiger partial charge in [0.1, 0.15) is 0 Å². The summed E-state index contributed by atoms with van der Waals surface area (Å²) >= 11 is 0. The van der Waals surface area contributed by atoms with E-state index in [0.29, 0.717) is 5.92 Å². The first kappa shape index (κ1) is 25.1. The Hall–Kier alpha value is -3.00. The smallest absolute Gasteiger partial charge is 0.320 e. The fraction of sp³-hybridized carbons (Fsp3) is 0.333. The molecular formula is C33H40BN. The first-order valence-corrected chi connectivity index (χ1v) is 13.1. The summed E-state index contributed by atoms with van der Waals surface area (Å²) in [5.74, 6) is 3.29. The second kappa shape index (κ2) is 10.3. The van der Waals surface area contributed by atoms with Crippen molar-refractivity contribution in [1.29, 1.82) is 0 Å². The number of benzene rings is 3. The molecule has 0 saturated heterocycles. The third-order valence-electron chi connectivity index (χ3n) is 7.20. The van der Waals surface area contributed by atoms with Gasteiger partial charge in [-0.05, 0) is 65.0 Å². The lowest BCUT2D eigenvalue weighted by molar-refractivity contribution is 0.590. The molecule has 1 heterocycles. The van der Waals surface area contributed by atoms with E-state index in [9.17, 15) is 0 Å². The first-order chi connectivity index (χ1) is 16.6. The Balaban J connectivity index is 1.75. The van der Waals surface area contributed by atoms with Crippen molar-refractivity contribution in [3.05, 3.63) is 119 Å². The molecule has 1 aliphatic heterocycles. The number of hydrogen-bond donors (Lipinski definition) is 0. The number of aryl methyl sites for hydroxylation is 1. The van der Waals surface area contributed by atoms with Gasteiger partial charge < -0.3 is 4.81 Å². The second-order valence-electron chi connectivity index (χ2n) is 11.5. The summed E-state index contributed by atoms with van der Waals surface area (Å²) < 4.78 is 0. The Morgan fingerprint density at radius 3 is 2.09 bits per heavy atom. The highest BCUT2D eigenvalue weighted by Gasteiger charge is 2.32. The van der Waals surface area contributed by atoms with Crippen molar-refractivity contribution in [3.63, 3.8) is 0 Å². The minimum atomic E-state index is 0.138. The van der Waals surface area contributed by atoms with E-state index in [4.69, 9.17) is 0 Å². The van der Waals surface area contributed by atoms with Crippen LogP contribution in [0.2, 0.25) is 0 Å². The molecule has 1 nitrogen and oxygen atoms in total. The number of nitrogens with zero attached hydrogens (tertiary/aromatic N) is 1. The third-order valence-corrected chi connectivity index (χ3v) is 7.20. The van der Waals surface area contributed by atoms with Gasteiger partial charge in [-0.1, -0.05) is 120 Å². The van der Waals surface area contributed by atoms with E-state index in [2.05, 4.69) is 144 Å². The molecule has 1 atom stereocenters. The topological polar surface area (TPSA) is 3.24 Å². The quantitative estimate of drug-likeness (QED) is 0.336. The highest BCUT2D eigenvalue weighted by atomic mass is 15.1. The first-order valence-electron chi connectivity index (χ1n) is 13.1. The van der Waals surface area contributed by atoms with Crippen LogP contribution in [0.4, 0.5) is 5.69 Å². The van der Waals surface area contributed by atoms with Crippen molar-refractivity contribution >= 4 is 18.0 Å². The predicted molar refractivity (Wildman–Crippen MR) is 155 cm³/mol. The Morgan fingerprint density at radius 2 is 1.49 bits per heavy atom. The van der Waals surface area contributed by atoms with Crippen LogP contribution in [0.25, 0.3) is 0 Å². The molecule has 0 saturated carbocycles. The van der Waals surface area contributed by atoms with Crippen molar-refractivity contribution in [1.82, 2.24) is 0 Å². The maximum atomic E-state index is 2.54. The summed E-state index contributed by atoms with van der Waals surface area (Å²) in [6.45, 7) is 16.1. The minimum absolute atomic E-state index is 0.138. The van der Waals surface area contributed by atoms with E-state index in [0.717, 1.165) is 6.42 Å². The predicted octanol–water partition coefficient (Wildman–Crippen LogP) is 7.99. The van der Waals surface area contributed by atoms with Gasteiger partial charge in [0.25, 0.3) is 0 Å². The lowest BCUT2D eigenvalue weighted by atomic mass is 9.51. The molecular weight excluding hydrogens is 421 g/mol. The molecule has 0 bridgehead atoms. The lowest BCUT2D eigenvalue weighted by Crippen LogP contribution is -2.50. The van der Waals surface area contributed by atoms with Crippen LogP contribution in [0, 0.1) is 12.8 Å². The van der Waals surface area contributed by atoms with E-state index in [1.165, 1.54) is 39.1 Å². The molecule has 180 valence electrons. The summed E-state index contributed by atoms with van der Waals surface area (Å²) in [5, 5.41) is 0. The van der Waals surface area contributed by atoms with E-state index in [-0.39, 0.29) is 18.2 Å². The van der Waals surface area contributed by atoms with E-state index < -0.39 is 0 Å². The molecule has 3 aromatic carbocycles. The van der Waals surface area contributed by atoms with E-state index in [1.807, 2.05) is 0 Å². The van der Waals surface area contributed by atoms with Gasteiger partial charge in [-0.3, -0.25) is 0 Å². The normalized spacial score (nSPS) is 14.9. The van der Waals surface area contributed by atoms with Gasteiger partial charge in [-0.2, -0.15) is 0 Å². The SMILES string of the molecule is Cc1ccccc1B1C=CC=C(C(C)c2ccc(CC(C)C)cc2)N1c1ccc(C(C)(C)C)cc1. The van der Waals surface area contributed by atoms with Crippen LogP contribution in [0.3, 0.4) is 0 Å². The maximum Gasteiger partial charge on any atom is 0.320 e. The molecule has 0 fully saturated rings. The summed E-state index contributed by atoms with van der Waals surface area (Å²) in [6, 6.07) is 27.3. The van der Waals surface area contributed by atoms with Crippen molar-refractivity contribution in [2.45, 2.75) is 66.2 Å². The zero-order chi connectivity index (χ0) is 25.2. The Kier molecular flexibility index (Phi) is 7.40. The van der Waals surface area contributed by atoms with Crippen LogP contribution in [0.1, 0.15) is 69.7 Å². The summed E-state index contributed by atoms with van der Waals surface area (Å²) in [5.41, 5.74) is 9.53. The maximum absolute atomic E-state index is 2.54. The third kappa shape index (κ3) is 5.64. The molecule has 0 N–H and O–H groups in total. The molecule has 0 spiro atoms. The van der Waals surface area contributed by atoms with E-state index in [1.54, 1.807) is 0 Å². The van der Waals surface area contributed by atoms with Crippen molar-refractivity contribution in [3.8, 4) is 0 Å². The molecule has 1 aliphatic rings. The molecule has 0 aliphatic carbocycles. The Labute approximate surface area is 213 Å². The number of rotatable bonds is 6. The molecule has 2 heteroatoms. The standard InChI is InChI=1S/C33H40BN/c1-24(2)23-27-14-16-28(17-15-27)26(4)32-13-10-22-34(31-12-9-8-11-25(31)3)35(32)30-20-18-29(19-21-30)33(5,6)7/h8-22,24,26H,23H2,1-7H3. The molecule has 0 aromatic heterocycles. The van der Waals surface area contributed by atoms with Gasteiger partial charge >= 0.3 is 6.85 Å². The van der Waals surface area contributed by atoms with Crippen LogP contribution < -0.4 is 10.3 Å². The van der Waals surface area contributed by atoms with Gasteiger partial charge in [0.2, 0.25) is 0 Å². The molecule has 0 amide bonds. The fourth-order valence-electron chi connectivity index (χ4n) is 5.12. The zero-order valence-corrected chi connectivity index (χ0v) is 22.5. The average molecular weight is 462 g/mol. The molecule has 0 radical (unpaired) electrons. The van der Waals surface area contributed by atoms with Gasteiger partial charge in [0.15, 0.2) is 0 Å². The summed E-state index contributed by atoms with van der Waals surface area (Å²) in [6.07, 6.45) is 5.68. The van der Waals surface area contributed by atoms with Crippen molar-refractivity contribution in [2.75, 3.05) is 4.81 Å². The Morgan fingerprint density at radius 1 is 0.829 bits per heavy atom. The highest BCUT2D eigenvalue weighted by Crippen LogP contribution is 2.35. The van der Waals surface area contributed by atoms with Crippen LogP contribution in [0.5, 0.6) is 0 Å². The fourth-order valence-corrected chi connectivity index (χ4v) is 5.12. The number of anilines is 1. The van der Waals surface area contributed by atoms with Crippen LogP contribution >= 0.6 is 0 Å². The van der Waals surface area contributed by atoms with Gasteiger partial charge in [0.05, 0.1) is 0 Å². The molecule has 4 rings (SSSR count). The second-order valence-corrected chi connectivity index (χ2v) is 11.5. The van der Waals surface area contributed by atoms with E-state index >= 15 is 0 Å². The van der Waals surface area contributed by atoms with Gasteiger partial charge in [0, 0.05) is 17.3 Å². The number of hydrogen-bond acceptors (Lipinski definition) is 1. The zero-order valence-electron chi connectivity index (χ0n) is 22.5. The van der Waals surface area contributed by atoms with Crippen LogP contribution in [-0.2, 0) is 11.8 Å². The summed E-state index contributed by atoms with van der Waals surface area (Å²) in [7, 11) is 0. The minimum Gasteiger partial charge on any atom is -0.380 e. The van der Waals surface area contributed by atoms with Crippen LogP contribution in [0.15, 0.2) is 96.6 Å². The summed E-state index contributed by atoms with van der Waals surface area (Å²) in [4.78, 5) is 2.54. The molecule has 3 aromatic rings. The van der Waals surface area contributed by atoms with Crippen molar-refractivity contribution in [2.24, 2.45) is 5.92 Å². The average Bonchev–Trinajstić information content (AvgIpc) is 2.83. The monoisotopic (exact) mass is 461 g/mol. The van der Waals surface area contributed by atoms with Gasteiger partial charge in [-0.15, -0.1) is 0 Å². The molecule has 35 heavy (non-hydrogen) atoms. The Bertz CT molecular complexity index is 1190. The molecule has 1 unspecified atom stereocenters. The van der Waals surface area contributed by atoms with Crippen molar-refractivity contribution < 1.29 is 0 Å². The largest absolute Gasteiger partial charge is 0.380 e. The number of allylic oxidation sites excluding steroid dienone is 3. The lowest BCUT2D eigenvalue weighted by Gasteiger charge is -2.38.